The van der Waals surface area contributed by atoms with Gasteiger partial charge in [0, 0.05) is 19.1 Å². The number of hydrogen-bond donors (Lipinski definition) is 1. The Morgan fingerprint density at radius 3 is 2.50 bits per heavy atom. The van der Waals surface area contributed by atoms with Gasteiger partial charge in [-0.3, -0.25) is 4.90 Å². The average Bonchev–Trinajstić information content (AvgIpc) is 2.64. The minimum absolute atomic E-state index is 0.197. The maximum absolute atomic E-state index is 9.82. The zero-order valence-electron chi connectivity index (χ0n) is 16.1. The van der Waals surface area contributed by atoms with Gasteiger partial charge in [0.05, 0.1) is 7.11 Å². The standard InChI is InChI=1S/C22H30N2O2/c1-23(2)15-17-7-10-19(11-8-17)20-6-4-5-13-24(20)16-18-9-12-21(25)22(14-18)26-3/h7-12,14,20,25H,4-6,13,15-16H2,1-3H3/t20-/m0/s1. The molecule has 0 spiro atoms. The number of methoxy groups -OCH3 is 1. The van der Waals surface area contributed by atoms with E-state index >= 15 is 0 Å². The lowest BCUT2D eigenvalue weighted by atomic mass is 9.94. The van der Waals surface area contributed by atoms with Crippen molar-refractivity contribution < 1.29 is 9.84 Å². The molecule has 4 heteroatoms. The summed E-state index contributed by atoms with van der Waals surface area (Å²) in [6.45, 7) is 2.95. The molecule has 1 N–H and O–H groups in total. The van der Waals surface area contributed by atoms with Crippen LogP contribution in [0.25, 0.3) is 0 Å². The minimum Gasteiger partial charge on any atom is -0.504 e. The van der Waals surface area contributed by atoms with Crippen molar-refractivity contribution in [3.8, 4) is 11.5 Å². The van der Waals surface area contributed by atoms with E-state index in [1.807, 2.05) is 12.1 Å². The first-order valence-electron chi connectivity index (χ1n) is 9.40. The van der Waals surface area contributed by atoms with Crippen molar-refractivity contribution in [2.75, 3.05) is 27.7 Å². The fourth-order valence-corrected chi connectivity index (χ4v) is 3.82. The molecule has 140 valence electrons. The Hall–Kier alpha value is -2.04. The number of likely N-dealkylation sites (tertiary alicyclic amines) is 1. The van der Waals surface area contributed by atoms with E-state index in [4.69, 9.17) is 4.74 Å². The molecule has 0 saturated carbocycles. The van der Waals surface area contributed by atoms with Gasteiger partial charge >= 0.3 is 0 Å². The molecular weight excluding hydrogens is 324 g/mol. The summed E-state index contributed by atoms with van der Waals surface area (Å²) in [6, 6.07) is 15.2. The molecule has 0 aliphatic carbocycles. The maximum Gasteiger partial charge on any atom is 0.160 e. The van der Waals surface area contributed by atoms with Crippen LogP contribution in [0, 0.1) is 0 Å². The summed E-state index contributed by atoms with van der Waals surface area (Å²) >= 11 is 0. The fraction of sp³-hybridized carbons (Fsp3) is 0.455. The van der Waals surface area contributed by atoms with Gasteiger partial charge in [-0.25, -0.2) is 0 Å². The van der Waals surface area contributed by atoms with Gasteiger partial charge < -0.3 is 14.7 Å². The highest BCUT2D eigenvalue weighted by Crippen LogP contribution is 2.34. The lowest BCUT2D eigenvalue weighted by Gasteiger charge is -2.36. The van der Waals surface area contributed by atoms with E-state index < -0.39 is 0 Å². The zero-order chi connectivity index (χ0) is 18.5. The molecule has 4 nitrogen and oxygen atoms in total. The molecule has 2 aromatic rings. The van der Waals surface area contributed by atoms with E-state index in [2.05, 4.69) is 48.2 Å². The molecule has 0 radical (unpaired) electrons. The molecule has 1 fully saturated rings. The zero-order valence-corrected chi connectivity index (χ0v) is 16.1. The number of aromatic hydroxyl groups is 1. The molecular formula is C22H30N2O2. The third kappa shape index (κ3) is 4.57. The number of piperidine rings is 1. The number of benzene rings is 2. The second-order valence-corrected chi connectivity index (χ2v) is 7.47. The first-order valence-corrected chi connectivity index (χ1v) is 9.40. The van der Waals surface area contributed by atoms with Crippen LogP contribution in [0.1, 0.15) is 42.0 Å². The van der Waals surface area contributed by atoms with Crippen LogP contribution in [0.3, 0.4) is 0 Å². The molecule has 26 heavy (non-hydrogen) atoms. The van der Waals surface area contributed by atoms with Crippen LogP contribution in [0.2, 0.25) is 0 Å². The summed E-state index contributed by atoms with van der Waals surface area (Å²) in [4.78, 5) is 4.75. The van der Waals surface area contributed by atoms with E-state index in [0.717, 1.165) is 19.6 Å². The summed E-state index contributed by atoms with van der Waals surface area (Å²) in [5.74, 6) is 0.743. The van der Waals surface area contributed by atoms with Gasteiger partial charge in [0.1, 0.15) is 0 Å². The number of phenolic OH excluding ortho intramolecular Hbond substituents is 1. The highest BCUT2D eigenvalue weighted by Gasteiger charge is 2.24. The number of ether oxygens (including phenoxy) is 1. The number of phenols is 1. The largest absolute Gasteiger partial charge is 0.504 e. The second kappa shape index (κ2) is 8.56. The average molecular weight is 354 g/mol. The molecule has 0 aromatic heterocycles. The molecule has 1 aliphatic rings. The topological polar surface area (TPSA) is 35.9 Å². The normalized spacial score (nSPS) is 18.2. The maximum atomic E-state index is 9.82. The van der Waals surface area contributed by atoms with E-state index in [1.165, 1.54) is 36.0 Å². The third-order valence-corrected chi connectivity index (χ3v) is 5.11. The van der Waals surface area contributed by atoms with Crippen molar-refractivity contribution >= 4 is 0 Å². The summed E-state index contributed by atoms with van der Waals surface area (Å²) in [5.41, 5.74) is 3.93. The van der Waals surface area contributed by atoms with Crippen LogP contribution < -0.4 is 4.74 Å². The van der Waals surface area contributed by atoms with Crippen molar-refractivity contribution in [3.05, 3.63) is 59.2 Å². The SMILES string of the molecule is COc1cc(CN2CCCC[C@H]2c2ccc(CN(C)C)cc2)ccc1O. The quantitative estimate of drug-likeness (QED) is 0.844. The molecule has 3 rings (SSSR count). The Morgan fingerprint density at radius 2 is 1.81 bits per heavy atom. The summed E-state index contributed by atoms with van der Waals surface area (Å²) in [6.07, 6.45) is 3.71. The second-order valence-electron chi connectivity index (χ2n) is 7.47. The summed E-state index contributed by atoms with van der Waals surface area (Å²) < 4.78 is 5.26. The highest BCUT2D eigenvalue weighted by molar-refractivity contribution is 5.41. The van der Waals surface area contributed by atoms with Crippen molar-refractivity contribution in [1.82, 2.24) is 9.80 Å². The van der Waals surface area contributed by atoms with Gasteiger partial charge in [-0.15, -0.1) is 0 Å². The van der Waals surface area contributed by atoms with Gasteiger partial charge in [-0.05, 0) is 62.3 Å². The summed E-state index contributed by atoms with van der Waals surface area (Å²) in [5, 5.41) is 9.82. The van der Waals surface area contributed by atoms with Gasteiger partial charge in [0.15, 0.2) is 11.5 Å². The predicted molar refractivity (Wildman–Crippen MR) is 105 cm³/mol. The van der Waals surface area contributed by atoms with Gasteiger partial charge in [0.25, 0.3) is 0 Å². The Labute approximate surface area is 157 Å². The lowest BCUT2D eigenvalue weighted by Crippen LogP contribution is -2.32. The molecule has 1 heterocycles. The van der Waals surface area contributed by atoms with Crippen molar-refractivity contribution in [3.63, 3.8) is 0 Å². The van der Waals surface area contributed by atoms with Crippen LogP contribution in [0.15, 0.2) is 42.5 Å². The number of rotatable bonds is 6. The fourth-order valence-electron chi connectivity index (χ4n) is 3.82. The lowest BCUT2D eigenvalue weighted by molar-refractivity contribution is 0.140. The molecule has 0 amide bonds. The van der Waals surface area contributed by atoms with E-state index in [-0.39, 0.29) is 5.75 Å². The van der Waals surface area contributed by atoms with Crippen LogP contribution in [-0.4, -0.2) is 42.7 Å². The van der Waals surface area contributed by atoms with Crippen molar-refractivity contribution in [2.24, 2.45) is 0 Å². The predicted octanol–water partition coefficient (Wildman–Crippen LogP) is 4.19. The highest BCUT2D eigenvalue weighted by atomic mass is 16.5. The van der Waals surface area contributed by atoms with Crippen LogP contribution >= 0.6 is 0 Å². The molecule has 2 aromatic carbocycles. The smallest absolute Gasteiger partial charge is 0.160 e. The van der Waals surface area contributed by atoms with E-state index in [9.17, 15) is 5.11 Å². The first kappa shape index (κ1) is 18.7. The molecule has 0 unspecified atom stereocenters. The van der Waals surface area contributed by atoms with Crippen LogP contribution in [0.5, 0.6) is 11.5 Å². The van der Waals surface area contributed by atoms with E-state index in [1.54, 1.807) is 13.2 Å². The first-order chi connectivity index (χ1) is 12.6. The molecule has 1 aliphatic heterocycles. The Kier molecular flexibility index (Phi) is 6.17. The van der Waals surface area contributed by atoms with E-state index in [0.29, 0.717) is 11.8 Å². The van der Waals surface area contributed by atoms with Crippen molar-refractivity contribution in [1.29, 1.82) is 0 Å². The molecule has 1 atom stereocenters. The Bertz CT molecular complexity index is 713. The number of hydrogen-bond acceptors (Lipinski definition) is 4. The Morgan fingerprint density at radius 1 is 1.08 bits per heavy atom. The van der Waals surface area contributed by atoms with Crippen LogP contribution in [0.4, 0.5) is 0 Å². The van der Waals surface area contributed by atoms with Gasteiger partial charge in [-0.2, -0.15) is 0 Å². The van der Waals surface area contributed by atoms with Crippen molar-refractivity contribution in [2.45, 2.75) is 38.4 Å². The van der Waals surface area contributed by atoms with Gasteiger partial charge in [-0.1, -0.05) is 36.8 Å². The third-order valence-electron chi connectivity index (χ3n) is 5.11. The monoisotopic (exact) mass is 354 g/mol. The Balaban J connectivity index is 1.75. The number of nitrogens with zero attached hydrogens (tertiary/aromatic N) is 2. The molecule has 0 bridgehead atoms. The van der Waals surface area contributed by atoms with Crippen LogP contribution in [-0.2, 0) is 13.1 Å². The minimum atomic E-state index is 0.197. The van der Waals surface area contributed by atoms with Gasteiger partial charge in [0.2, 0.25) is 0 Å². The molecule has 1 saturated heterocycles. The summed E-state index contributed by atoms with van der Waals surface area (Å²) in [7, 11) is 5.79.